The summed E-state index contributed by atoms with van der Waals surface area (Å²) in [5.41, 5.74) is 1.83. The molecule has 0 heterocycles. The molecule has 3 rings (SSSR count). The van der Waals surface area contributed by atoms with Gasteiger partial charge in [0.05, 0.1) is 19.1 Å². The summed E-state index contributed by atoms with van der Waals surface area (Å²) in [5, 5.41) is 4.88. The molecule has 0 saturated carbocycles. The lowest BCUT2D eigenvalue weighted by atomic mass is 9.98. The highest BCUT2D eigenvalue weighted by Gasteiger charge is 2.19. The Labute approximate surface area is 170 Å². The molecule has 2 atom stereocenters. The van der Waals surface area contributed by atoms with Crippen molar-refractivity contribution < 1.29 is 19.1 Å². The quantitative estimate of drug-likeness (QED) is 0.608. The van der Waals surface area contributed by atoms with Crippen molar-refractivity contribution in [2.24, 2.45) is 0 Å². The smallest absolute Gasteiger partial charge is 0.313 e. The Morgan fingerprint density at radius 2 is 1.59 bits per heavy atom. The second kappa shape index (κ2) is 9.24. The number of amides is 1. The van der Waals surface area contributed by atoms with Crippen LogP contribution in [0.25, 0.3) is 10.8 Å². The molecular weight excluding hydrogens is 366 g/mol. The zero-order valence-electron chi connectivity index (χ0n) is 16.8. The van der Waals surface area contributed by atoms with Crippen LogP contribution in [0.3, 0.4) is 0 Å². The second-order valence-electron chi connectivity index (χ2n) is 7.00. The van der Waals surface area contributed by atoms with Crippen LogP contribution in [0.2, 0.25) is 0 Å². The molecule has 0 aliphatic rings. The molecule has 0 aromatic heterocycles. The van der Waals surface area contributed by atoms with Gasteiger partial charge in [-0.05, 0) is 47.9 Å². The van der Waals surface area contributed by atoms with Gasteiger partial charge in [0.15, 0.2) is 6.61 Å². The van der Waals surface area contributed by atoms with Gasteiger partial charge in [0.1, 0.15) is 5.75 Å². The molecule has 3 aromatic carbocycles. The molecule has 0 bridgehead atoms. The highest BCUT2D eigenvalue weighted by atomic mass is 16.5. The van der Waals surface area contributed by atoms with Crippen LogP contribution in [0.4, 0.5) is 0 Å². The predicted octanol–water partition coefficient (Wildman–Crippen LogP) is 4.37. The van der Waals surface area contributed by atoms with Gasteiger partial charge >= 0.3 is 5.97 Å². The fraction of sp³-hybridized carbons (Fsp3) is 0.250. The molecule has 0 aliphatic carbocycles. The minimum absolute atomic E-state index is 0.155. The average Bonchev–Trinajstić information content (AvgIpc) is 2.76. The monoisotopic (exact) mass is 391 g/mol. The number of methoxy groups -OCH3 is 1. The number of benzene rings is 3. The zero-order chi connectivity index (χ0) is 20.8. The van der Waals surface area contributed by atoms with Gasteiger partial charge in [-0.2, -0.15) is 0 Å². The van der Waals surface area contributed by atoms with Gasteiger partial charge in [-0.15, -0.1) is 0 Å². The Morgan fingerprint density at radius 1 is 0.897 bits per heavy atom. The standard InChI is InChI=1S/C24H25NO4/c1-16(19-9-10-21-14-22(28-3)12-11-20(21)13-19)24(27)29-15-23(26)25-17(2)18-7-5-4-6-8-18/h4-14,16-17H,15H2,1-3H3,(H,25,26)/t16-,17-/m0/s1. The van der Waals surface area contributed by atoms with Gasteiger partial charge in [-0.25, -0.2) is 0 Å². The molecule has 3 aromatic rings. The van der Waals surface area contributed by atoms with E-state index in [9.17, 15) is 9.59 Å². The maximum absolute atomic E-state index is 12.4. The largest absolute Gasteiger partial charge is 0.497 e. The number of nitrogens with one attached hydrogen (secondary N) is 1. The van der Waals surface area contributed by atoms with Crippen LogP contribution in [-0.2, 0) is 14.3 Å². The van der Waals surface area contributed by atoms with E-state index in [0.717, 1.165) is 27.6 Å². The molecule has 0 saturated heterocycles. The fourth-order valence-corrected chi connectivity index (χ4v) is 3.14. The van der Waals surface area contributed by atoms with Crippen LogP contribution in [0.1, 0.15) is 36.9 Å². The van der Waals surface area contributed by atoms with Crippen molar-refractivity contribution in [3.63, 3.8) is 0 Å². The van der Waals surface area contributed by atoms with Crippen molar-refractivity contribution in [2.75, 3.05) is 13.7 Å². The van der Waals surface area contributed by atoms with E-state index in [4.69, 9.17) is 9.47 Å². The molecular formula is C24H25NO4. The molecule has 0 unspecified atom stereocenters. The zero-order valence-corrected chi connectivity index (χ0v) is 16.8. The van der Waals surface area contributed by atoms with Crippen molar-refractivity contribution in [3.8, 4) is 5.75 Å². The third-order valence-electron chi connectivity index (χ3n) is 4.95. The van der Waals surface area contributed by atoms with E-state index in [1.165, 1.54) is 0 Å². The number of hydrogen-bond donors (Lipinski definition) is 1. The molecule has 29 heavy (non-hydrogen) atoms. The lowest BCUT2D eigenvalue weighted by Crippen LogP contribution is -2.31. The van der Waals surface area contributed by atoms with Gasteiger partial charge in [0, 0.05) is 0 Å². The van der Waals surface area contributed by atoms with Crippen molar-refractivity contribution in [1.82, 2.24) is 5.32 Å². The molecule has 0 fully saturated rings. The maximum Gasteiger partial charge on any atom is 0.313 e. The first kappa shape index (κ1) is 20.4. The fourth-order valence-electron chi connectivity index (χ4n) is 3.14. The Balaban J connectivity index is 1.57. The molecule has 1 N–H and O–H groups in total. The topological polar surface area (TPSA) is 64.6 Å². The Kier molecular flexibility index (Phi) is 6.50. The molecule has 5 heteroatoms. The number of ether oxygens (including phenoxy) is 2. The normalized spacial score (nSPS) is 12.8. The number of esters is 1. The van der Waals surface area contributed by atoms with Crippen LogP contribution in [-0.4, -0.2) is 25.6 Å². The van der Waals surface area contributed by atoms with Crippen LogP contribution >= 0.6 is 0 Å². The molecule has 0 radical (unpaired) electrons. The number of fused-ring (bicyclic) bond motifs is 1. The van der Waals surface area contributed by atoms with Gasteiger partial charge in [-0.1, -0.05) is 54.6 Å². The van der Waals surface area contributed by atoms with E-state index in [1.807, 2.05) is 73.7 Å². The van der Waals surface area contributed by atoms with Crippen molar-refractivity contribution in [1.29, 1.82) is 0 Å². The summed E-state index contributed by atoms with van der Waals surface area (Å²) in [7, 11) is 1.63. The van der Waals surface area contributed by atoms with E-state index >= 15 is 0 Å². The van der Waals surface area contributed by atoms with E-state index in [0.29, 0.717) is 0 Å². The summed E-state index contributed by atoms with van der Waals surface area (Å²) in [4.78, 5) is 24.5. The summed E-state index contributed by atoms with van der Waals surface area (Å²) >= 11 is 0. The van der Waals surface area contributed by atoms with E-state index in [1.54, 1.807) is 14.0 Å². The summed E-state index contributed by atoms with van der Waals surface area (Å²) in [6.07, 6.45) is 0. The highest BCUT2D eigenvalue weighted by molar-refractivity contribution is 5.87. The van der Waals surface area contributed by atoms with E-state index < -0.39 is 11.9 Å². The Morgan fingerprint density at radius 3 is 2.31 bits per heavy atom. The predicted molar refractivity (Wildman–Crippen MR) is 113 cm³/mol. The maximum atomic E-state index is 12.4. The van der Waals surface area contributed by atoms with Crippen LogP contribution in [0, 0.1) is 0 Å². The van der Waals surface area contributed by atoms with Crippen molar-refractivity contribution >= 4 is 22.6 Å². The lowest BCUT2D eigenvalue weighted by molar-refractivity contribution is -0.149. The van der Waals surface area contributed by atoms with Gasteiger partial charge in [0.25, 0.3) is 5.91 Å². The molecule has 5 nitrogen and oxygen atoms in total. The molecule has 0 aliphatic heterocycles. The SMILES string of the molecule is COc1ccc2cc([C@H](C)C(=O)OCC(=O)N[C@@H](C)c3ccccc3)ccc2c1. The third kappa shape index (κ3) is 5.13. The first-order chi connectivity index (χ1) is 14.0. The first-order valence-electron chi connectivity index (χ1n) is 9.56. The molecule has 1 amide bonds. The minimum Gasteiger partial charge on any atom is -0.497 e. The number of hydrogen-bond acceptors (Lipinski definition) is 4. The average molecular weight is 391 g/mol. The van der Waals surface area contributed by atoms with Crippen LogP contribution < -0.4 is 10.1 Å². The van der Waals surface area contributed by atoms with Gasteiger partial charge in [-0.3, -0.25) is 9.59 Å². The van der Waals surface area contributed by atoms with E-state index in [2.05, 4.69) is 5.32 Å². The minimum atomic E-state index is -0.471. The summed E-state index contributed by atoms with van der Waals surface area (Å²) in [6, 6.07) is 21.1. The molecule has 150 valence electrons. The van der Waals surface area contributed by atoms with Crippen LogP contribution in [0.15, 0.2) is 66.7 Å². The van der Waals surface area contributed by atoms with Crippen LogP contribution in [0.5, 0.6) is 5.75 Å². The third-order valence-corrected chi connectivity index (χ3v) is 4.95. The second-order valence-corrected chi connectivity index (χ2v) is 7.00. The first-order valence-corrected chi connectivity index (χ1v) is 9.56. The van der Waals surface area contributed by atoms with E-state index in [-0.39, 0.29) is 18.6 Å². The van der Waals surface area contributed by atoms with Crippen molar-refractivity contribution in [3.05, 3.63) is 77.9 Å². The summed E-state index contributed by atoms with van der Waals surface area (Å²) in [5.74, 6) is -0.442. The van der Waals surface area contributed by atoms with Crippen molar-refractivity contribution in [2.45, 2.75) is 25.8 Å². The summed E-state index contributed by atoms with van der Waals surface area (Å²) in [6.45, 7) is 3.37. The number of carbonyl (C=O) groups excluding carboxylic acids is 2. The number of rotatable bonds is 7. The Hall–Kier alpha value is -3.34. The highest BCUT2D eigenvalue weighted by Crippen LogP contribution is 2.25. The Bertz CT molecular complexity index is 1000. The molecule has 0 spiro atoms. The lowest BCUT2D eigenvalue weighted by Gasteiger charge is -2.16. The number of carbonyl (C=O) groups is 2. The van der Waals surface area contributed by atoms with Gasteiger partial charge in [0.2, 0.25) is 0 Å². The summed E-state index contributed by atoms with van der Waals surface area (Å²) < 4.78 is 10.5. The van der Waals surface area contributed by atoms with Gasteiger partial charge < -0.3 is 14.8 Å².